The Morgan fingerprint density at radius 3 is 2.29 bits per heavy atom. The molecule has 0 aliphatic heterocycles. The molecule has 1 rings (SSSR count). The summed E-state index contributed by atoms with van der Waals surface area (Å²) in [5, 5.41) is 0. The Morgan fingerprint density at radius 1 is 1.12 bits per heavy atom. The van der Waals surface area contributed by atoms with Gasteiger partial charge in [-0.15, -0.1) is 6.58 Å². The number of carbonyl (C=O) groups excluding carboxylic acids is 2. The number of methoxy groups -OCH3 is 2. The maximum absolute atomic E-state index is 11.5. The van der Waals surface area contributed by atoms with Crippen LogP contribution in [0, 0.1) is 5.92 Å². The molecule has 0 spiro atoms. The topological polar surface area (TPSA) is 71.1 Å². The highest BCUT2D eigenvalue weighted by molar-refractivity contribution is 5.67. The minimum absolute atomic E-state index is 0.119. The number of carbonyl (C=O) groups is 2. The molecule has 6 nitrogen and oxygen atoms in total. The first-order valence-electron chi connectivity index (χ1n) is 7.56. The van der Waals surface area contributed by atoms with Crippen molar-refractivity contribution in [2.45, 2.75) is 26.4 Å². The Bertz CT molecular complexity index is 581. The van der Waals surface area contributed by atoms with Crippen LogP contribution in [0.25, 0.3) is 0 Å². The molecule has 1 aromatic carbocycles. The Balaban J connectivity index is 3.19. The van der Waals surface area contributed by atoms with Crippen molar-refractivity contribution in [1.82, 2.24) is 0 Å². The molecule has 132 valence electrons. The fourth-order valence-corrected chi connectivity index (χ4v) is 2.36. The van der Waals surface area contributed by atoms with Crippen LogP contribution in [-0.2, 0) is 19.1 Å². The lowest BCUT2D eigenvalue weighted by atomic mass is 9.93. The number of hydrogen-bond acceptors (Lipinski definition) is 6. The van der Waals surface area contributed by atoms with Gasteiger partial charge in [0, 0.05) is 19.8 Å². The fraction of sp³-hybridized carbons (Fsp3) is 0.444. The summed E-state index contributed by atoms with van der Waals surface area (Å²) in [6.07, 6.45) is 1.62. The van der Waals surface area contributed by atoms with Crippen LogP contribution < -0.4 is 9.47 Å². The number of benzene rings is 1. The van der Waals surface area contributed by atoms with Crippen LogP contribution in [0.15, 0.2) is 30.9 Å². The van der Waals surface area contributed by atoms with Gasteiger partial charge in [-0.1, -0.05) is 12.1 Å². The molecule has 0 heterocycles. The second-order valence-corrected chi connectivity index (χ2v) is 5.23. The summed E-state index contributed by atoms with van der Waals surface area (Å²) in [5.41, 5.74) is 0.724. The van der Waals surface area contributed by atoms with E-state index in [4.69, 9.17) is 18.9 Å². The van der Waals surface area contributed by atoms with Crippen LogP contribution in [-0.4, -0.2) is 32.8 Å². The molecule has 0 radical (unpaired) electrons. The largest absolute Gasteiger partial charge is 0.493 e. The first kappa shape index (κ1) is 19.5. The van der Waals surface area contributed by atoms with Gasteiger partial charge in [0.25, 0.3) is 0 Å². The smallest absolute Gasteiger partial charge is 0.303 e. The third-order valence-electron chi connectivity index (χ3n) is 3.43. The molecular formula is C18H24O6. The number of esters is 2. The zero-order chi connectivity index (χ0) is 18.1. The molecule has 2 atom stereocenters. The van der Waals surface area contributed by atoms with Crippen molar-refractivity contribution in [2.24, 2.45) is 5.92 Å². The van der Waals surface area contributed by atoms with Gasteiger partial charge in [-0.05, 0) is 24.1 Å². The monoisotopic (exact) mass is 336 g/mol. The molecule has 0 unspecified atom stereocenters. The number of hydrogen-bond donors (Lipinski definition) is 0. The number of allylic oxidation sites excluding steroid dienone is 1. The molecule has 0 saturated heterocycles. The highest BCUT2D eigenvalue weighted by atomic mass is 16.6. The third kappa shape index (κ3) is 5.61. The van der Waals surface area contributed by atoms with Crippen molar-refractivity contribution < 1.29 is 28.5 Å². The zero-order valence-corrected chi connectivity index (χ0v) is 14.5. The standard InChI is InChI=1S/C18H24O6/c1-6-7-15(11-23-12(2)19)18(24-13(3)20)14-8-9-16(21-4)17(10-14)22-5/h6,8-10,15,18H,1,7,11H2,2-5H3/t15-,18+/m0/s1. The van der Waals surface area contributed by atoms with E-state index in [-0.39, 0.29) is 12.5 Å². The molecule has 0 fully saturated rings. The van der Waals surface area contributed by atoms with E-state index < -0.39 is 18.0 Å². The maximum Gasteiger partial charge on any atom is 0.303 e. The van der Waals surface area contributed by atoms with Crippen molar-refractivity contribution >= 4 is 11.9 Å². The first-order valence-corrected chi connectivity index (χ1v) is 7.56. The Hall–Kier alpha value is -2.50. The van der Waals surface area contributed by atoms with E-state index in [2.05, 4.69) is 6.58 Å². The lowest BCUT2D eigenvalue weighted by Gasteiger charge is -2.26. The van der Waals surface area contributed by atoms with Crippen LogP contribution in [0.1, 0.15) is 31.9 Å². The van der Waals surface area contributed by atoms with Gasteiger partial charge >= 0.3 is 11.9 Å². The Labute approximate surface area is 142 Å². The van der Waals surface area contributed by atoms with E-state index in [0.29, 0.717) is 17.9 Å². The summed E-state index contributed by atoms with van der Waals surface area (Å²) in [4.78, 5) is 22.7. The molecule has 24 heavy (non-hydrogen) atoms. The molecule has 0 aromatic heterocycles. The highest BCUT2D eigenvalue weighted by Crippen LogP contribution is 2.35. The molecule has 0 bridgehead atoms. The quantitative estimate of drug-likeness (QED) is 0.510. The van der Waals surface area contributed by atoms with Gasteiger partial charge in [0.2, 0.25) is 0 Å². The van der Waals surface area contributed by atoms with Crippen molar-refractivity contribution in [3.63, 3.8) is 0 Å². The first-order chi connectivity index (χ1) is 11.4. The highest BCUT2D eigenvalue weighted by Gasteiger charge is 2.27. The lowest BCUT2D eigenvalue weighted by molar-refractivity contribution is -0.153. The second kappa shape index (κ2) is 9.60. The van der Waals surface area contributed by atoms with E-state index in [1.54, 1.807) is 31.4 Å². The summed E-state index contributed by atoms with van der Waals surface area (Å²) in [6.45, 7) is 6.51. The predicted octanol–water partition coefficient (Wildman–Crippen LogP) is 3.06. The lowest BCUT2D eigenvalue weighted by Crippen LogP contribution is -2.23. The van der Waals surface area contributed by atoms with E-state index in [1.807, 2.05) is 0 Å². The van der Waals surface area contributed by atoms with E-state index in [9.17, 15) is 9.59 Å². The van der Waals surface area contributed by atoms with Gasteiger partial charge in [0.1, 0.15) is 6.10 Å². The molecule has 0 N–H and O–H groups in total. The average Bonchev–Trinajstić information content (AvgIpc) is 2.55. The molecule has 0 aliphatic carbocycles. The van der Waals surface area contributed by atoms with Crippen LogP contribution >= 0.6 is 0 Å². The van der Waals surface area contributed by atoms with E-state index >= 15 is 0 Å². The van der Waals surface area contributed by atoms with Gasteiger partial charge in [-0.2, -0.15) is 0 Å². The van der Waals surface area contributed by atoms with Crippen LogP contribution in [0.2, 0.25) is 0 Å². The summed E-state index contributed by atoms with van der Waals surface area (Å²) in [5.74, 6) is 0.0260. The molecule has 0 amide bonds. The van der Waals surface area contributed by atoms with Crippen LogP contribution in [0.3, 0.4) is 0 Å². The summed E-state index contributed by atoms with van der Waals surface area (Å²) in [7, 11) is 3.07. The molecule has 6 heteroatoms. The van der Waals surface area contributed by atoms with E-state index in [1.165, 1.54) is 21.0 Å². The SMILES string of the molecule is C=CC[C@@H](COC(C)=O)[C@H](OC(C)=O)c1ccc(OC)c(OC)c1. The second-order valence-electron chi connectivity index (χ2n) is 5.23. The van der Waals surface area contributed by atoms with Crippen molar-refractivity contribution in [1.29, 1.82) is 0 Å². The molecule has 0 aliphatic rings. The third-order valence-corrected chi connectivity index (χ3v) is 3.43. The summed E-state index contributed by atoms with van der Waals surface area (Å²) < 4.78 is 21.1. The van der Waals surface area contributed by atoms with Crippen molar-refractivity contribution in [3.05, 3.63) is 36.4 Å². The summed E-state index contributed by atoms with van der Waals surface area (Å²) in [6, 6.07) is 5.27. The van der Waals surface area contributed by atoms with Crippen LogP contribution in [0.5, 0.6) is 11.5 Å². The van der Waals surface area contributed by atoms with E-state index in [0.717, 1.165) is 5.56 Å². The minimum atomic E-state index is -0.598. The normalized spacial score (nSPS) is 12.7. The van der Waals surface area contributed by atoms with Gasteiger partial charge in [-0.25, -0.2) is 0 Å². The van der Waals surface area contributed by atoms with Gasteiger partial charge in [0.05, 0.1) is 20.8 Å². The minimum Gasteiger partial charge on any atom is -0.493 e. The molecule has 1 aromatic rings. The average molecular weight is 336 g/mol. The van der Waals surface area contributed by atoms with Crippen molar-refractivity contribution in [2.75, 3.05) is 20.8 Å². The molecule has 0 saturated carbocycles. The number of rotatable bonds is 9. The van der Waals surface area contributed by atoms with Crippen LogP contribution in [0.4, 0.5) is 0 Å². The zero-order valence-electron chi connectivity index (χ0n) is 14.5. The number of ether oxygens (including phenoxy) is 4. The maximum atomic E-state index is 11.5. The van der Waals surface area contributed by atoms with Crippen molar-refractivity contribution in [3.8, 4) is 11.5 Å². The van der Waals surface area contributed by atoms with Gasteiger partial charge < -0.3 is 18.9 Å². The summed E-state index contributed by atoms with van der Waals surface area (Å²) >= 11 is 0. The Kier molecular flexibility index (Phi) is 7.82. The van der Waals surface area contributed by atoms with Gasteiger partial charge in [-0.3, -0.25) is 9.59 Å². The van der Waals surface area contributed by atoms with Gasteiger partial charge in [0.15, 0.2) is 11.5 Å². The predicted molar refractivity (Wildman–Crippen MR) is 89.0 cm³/mol. The Morgan fingerprint density at radius 2 is 1.79 bits per heavy atom. The fourth-order valence-electron chi connectivity index (χ4n) is 2.36. The molecular weight excluding hydrogens is 312 g/mol.